The van der Waals surface area contributed by atoms with E-state index in [-0.39, 0.29) is 23.0 Å². The van der Waals surface area contributed by atoms with E-state index < -0.39 is 0 Å². The summed E-state index contributed by atoms with van der Waals surface area (Å²) in [6.07, 6.45) is 0.782. The van der Waals surface area contributed by atoms with Crippen LogP contribution >= 0.6 is 23.5 Å². The minimum atomic E-state index is -0.302. The number of nitrogens with one attached hydrogen (secondary N) is 1. The Kier molecular flexibility index (Phi) is 6.03. The molecular weight excluding hydrogens is 373 g/mol. The number of benzene rings is 1. The van der Waals surface area contributed by atoms with Crippen molar-refractivity contribution in [3.05, 3.63) is 51.7 Å². The quantitative estimate of drug-likeness (QED) is 0.604. The summed E-state index contributed by atoms with van der Waals surface area (Å²) in [5.41, 5.74) is 1.66. The molecule has 0 fully saturated rings. The standard InChI is InChI=1S/C18H20FN3O2S2/c1-3-22-17(24)16-14(8-11(2)26-16)21-18(22)25-10-15(23)20-9-12-4-6-13(19)7-5-12/h4-7,11H,3,8-10H2,1-2H3,(H,20,23)/t11-/m0/s1. The summed E-state index contributed by atoms with van der Waals surface area (Å²) in [4.78, 5) is 30.1. The van der Waals surface area contributed by atoms with Gasteiger partial charge < -0.3 is 5.32 Å². The molecule has 1 amide bonds. The number of halogens is 1. The van der Waals surface area contributed by atoms with E-state index >= 15 is 0 Å². The monoisotopic (exact) mass is 393 g/mol. The number of nitrogens with zero attached hydrogens (tertiary/aromatic N) is 2. The topological polar surface area (TPSA) is 64.0 Å². The average Bonchev–Trinajstić information content (AvgIpc) is 3.00. The minimum Gasteiger partial charge on any atom is -0.351 e. The Bertz CT molecular complexity index is 868. The van der Waals surface area contributed by atoms with Crippen LogP contribution < -0.4 is 10.9 Å². The maximum Gasteiger partial charge on any atom is 0.268 e. The first-order chi connectivity index (χ1) is 12.5. The van der Waals surface area contributed by atoms with Crippen molar-refractivity contribution in [2.45, 2.75) is 48.7 Å². The Hall–Kier alpha value is -1.80. The molecule has 8 heteroatoms. The molecule has 1 aromatic carbocycles. The number of hydrogen-bond acceptors (Lipinski definition) is 5. The van der Waals surface area contributed by atoms with Gasteiger partial charge in [0.25, 0.3) is 5.56 Å². The highest BCUT2D eigenvalue weighted by molar-refractivity contribution is 8.00. The number of thioether (sulfide) groups is 2. The van der Waals surface area contributed by atoms with Crippen LogP contribution in [0.3, 0.4) is 0 Å². The van der Waals surface area contributed by atoms with E-state index in [1.165, 1.54) is 23.9 Å². The predicted octanol–water partition coefficient (Wildman–Crippen LogP) is 2.85. The van der Waals surface area contributed by atoms with E-state index in [1.807, 2.05) is 6.92 Å². The van der Waals surface area contributed by atoms with Crippen LogP contribution in [0.2, 0.25) is 0 Å². The van der Waals surface area contributed by atoms with Gasteiger partial charge in [0.1, 0.15) is 5.82 Å². The summed E-state index contributed by atoms with van der Waals surface area (Å²) in [7, 11) is 0. The van der Waals surface area contributed by atoms with Gasteiger partial charge in [-0.25, -0.2) is 9.37 Å². The summed E-state index contributed by atoms with van der Waals surface area (Å²) < 4.78 is 14.5. The smallest absolute Gasteiger partial charge is 0.268 e. The van der Waals surface area contributed by atoms with Crippen molar-refractivity contribution < 1.29 is 9.18 Å². The molecule has 0 radical (unpaired) electrons. The van der Waals surface area contributed by atoms with Crippen molar-refractivity contribution in [1.29, 1.82) is 0 Å². The van der Waals surface area contributed by atoms with Gasteiger partial charge in [-0.3, -0.25) is 14.2 Å². The molecule has 0 saturated heterocycles. The lowest BCUT2D eigenvalue weighted by Gasteiger charge is -2.11. The van der Waals surface area contributed by atoms with Crippen LogP contribution in [-0.4, -0.2) is 26.5 Å². The van der Waals surface area contributed by atoms with Gasteiger partial charge in [-0.15, -0.1) is 11.8 Å². The Morgan fingerprint density at radius 2 is 2.15 bits per heavy atom. The molecule has 5 nitrogen and oxygen atoms in total. The Morgan fingerprint density at radius 3 is 2.85 bits per heavy atom. The van der Waals surface area contributed by atoms with Crippen LogP contribution in [0.4, 0.5) is 4.39 Å². The summed E-state index contributed by atoms with van der Waals surface area (Å²) in [5.74, 6) is -0.280. The Balaban J connectivity index is 1.63. The molecular formula is C18H20FN3O2S2. The number of carbonyl (C=O) groups is 1. The third-order valence-corrected chi connectivity index (χ3v) is 6.21. The summed E-state index contributed by atoms with van der Waals surface area (Å²) in [5, 5.41) is 3.74. The van der Waals surface area contributed by atoms with Crippen LogP contribution in [0.1, 0.15) is 25.1 Å². The van der Waals surface area contributed by atoms with Gasteiger partial charge in [-0.05, 0) is 24.6 Å². The van der Waals surface area contributed by atoms with Gasteiger partial charge in [-0.2, -0.15) is 0 Å². The van der Waals surface area contributed by atoms with Gasteiger partial charge in [0.2, 0.25) is 5.91 Å². The van der Waals surface area contributed by atoms with E-state index in [0.717, 1.165) is 22.6 Å². The van der Waals surface area contributed by atoms with E-state index in [4.69, 9.17) is 0 Å². The first-order valence-electron chi connectivity index (χ1n) is 8.42. The molecule has 1 N–H and O–H groups in total. The first-order valence-corrected chi connectivity index (χ1v) is 10.3. The molecule has 138 valence electrons. The van der Waals surface area contributed by atoms with Crippen LogP contribution in [0.5, 0.6) is 0 Å². The number of amides is 1. The second-order valence-corrected chi connectivity index (χ2v) is 8.44. The van der Waals surface area contributed by atoms with Crippen molar-refractivity contribution in [3.63, 3.8) is 0 Å². The van der Waals surface area contributed by atoms with Gasteiger partial charge in [-0.1, -0.05) is 30.8 Å². The maximum atomic E-state index is 12.9. The highest BCUT2D eigenvalue weighted by Gasteiger charge is 2.26. The molecule has 2 aromatic rings. The van der Waals surface area contributed by atoms with Crippen molar-refractivity contribution in [3.8, 4) is 0 Å². The molecule has 26 heavy (non-hydrogen) atoms. The molecule has 0 saturated carbocycles. The SMILES string of the molecule is CCn1c(SCC(=O)NCc2ccc(F)cc2)nc2c(c1=O)S[C@@H](C)C2. The largest absolute Gasteiger partial charge is 0.351 e. The van der Waals surface area contributed by atoms with Gasteiger partial charge >= 0.3 is 0 Å². The fourth-order valence-corrected chi connectivity index (χ4v) is 4.73. The highest BCUT2D eigenvalue weighted by Crippen LogP contribution is 2.34. The summed E-state index contributed by atoms with van der Waals surface area (Å²) >= 11 is 2.85. The average molecular weight is 394 g/mol. The molecule has 1 aliphatic rings. The second-order valence-electron chi connectivity index (χ2n) is 6.04. The lowest BCUT2D eigenvalue weighted by molar-refractivity contribution is -0.118. The zero-order valence-corrected chi connectivity index (χ0v) is 16.3. The molecule has 0 spiro atoms. The van der Waals surface area contributed by atoms with Gasteiger partial charge in [0.15, 0.2) is 5.16 Å². The molecule has 0 aliphatic carbocycles. The van der Waals surface area contributed by atoms with Crippen molar-refractivity contribution in [2.75, 3.05) is 5.75 Å². The number of aromatic nitrogens is 2. The minimum absolute atomic E-state index is 0.0129. The lowest BCUT2D eigenvalue weighted by atomic mass is 10.2. The molecule has 0 unspecified atom stereocenters. The van der Waals surface area contributed by atoms with Crippen LogP contribution in [0, 0.1) is 5.82 Å². The fraction of sp³-hybridized carbons (Fsp3) is 0.389. The van der Waals surface area contributed by atoms with E-state index in [9.17, 15) is 14.0 Å². The van der Waals surface area contributed by atoms with E-state index in [1.54, 1.807) is 28.5 Å². The maximum absolute atomic E-state index is 12.9. The van der Waals surface area contributed by atoms with E-state index in [0.29, 0.717) is 23.5 Å². The molecule has 2 heterocycles. The molecule has 1 aliphatic heterocycles. The van der Waals surface area contributed by atoms with Crippen LogP contribution in [0.25, 0.3) is 0 Å². The Labute approximate surface area is 159 Å². The van der Waals surface area contributed by atoms with Gasteiger partial charge in [0.05, 0.1) is 16.3 Å². The van der Waals surface area contributed by atoms with Gasteiger partial charge in [0, 0.05) is 24.8 Å². The number of fused-ring (bicyclic) bond motifs is 1. The third kappa shape index (κ3) is 4.29. The molecule has 1 aromatic heterocycles. The molecule has 3 rings (SSSR count). The number of rotatable bonds is 6. The van der Waals surface area contributed by atoms with Crippen molar-refractivity contribution in [1.82, 2.24) is 14.9 Å². The number of carbonyl (C=O) groups excluding carboxylic acids is 1. The zero-order valence-electron chi connectivity index (χ0n) is 14.6. The fourth-order valence-electron chi connectivity index (χ4n) is 2.70. The van der Waals surface area contributed by atoms with E-state index in [2.05, 4.69) is 17.2 Å². The first kappa shape index (κ1) is 19.0. The van der Waals surface area contributed by atoms with Crippen LogP contribution in [-0.2, 0) is 24.3 Å². The summed E-state index contributed by atoms with van der Waals surface area (Å²) in [6.45, 7) is 4.84. The second kappa shape index (κ2) is 8.26. The van der Waals surface area contributed by atoms with Crippen molar-refractivity contribution >= 4 is 29.4 Å². The Morgan fingerprint density at radius 1 is 1.42 bits per heavy atom. The van der Waals surface area contributed by atoms with Crippen LogP contribution in [0.15, 0.2) is 39.1 Å². The predicted molar refractivity (Wildman–Crippen MR) is 102 cm³/mol. The zero-order chi connectivity index (χ0) is 18.7. The normalized spacial score (nSPS) is 15.7. The number of hydrogen-bond donors (Lipinski definition) is 1. The molecule has 0 bridgehead atoms. The lowest BCUT2D eigenvalue weighted by Crippen LogP contribution is -2.27. The third-order valence-electron chi connectivity index (χ3n) is 4.01. The summed E-state index contributed by atoms with van der Waals surface area (Å²) in [6, 6.07) is 6.00. The highest BCUT2D eigenvalue weighted by atomic mass is 32.2. The van der Waals surface area contributed by atoms with Crippen molar-refractivity contribution in [2.24, 2.45) is 0 Å². The molecule has 1 atom stereocenters.